The number of likely N-dealkylation sites (N-methyl/N-ethyl adjacent to an activating group) is 1. The van der Waals surface area contributed by atoms with Gasteiger partial charge in [0.1, 0.15) is 5.82 Å². The first-order chi connectivity index (χ1) is 14.0. The van der Waals surface area contributed by atoms with Gasteiger partial charge in [0.2, 0.25) is 5.91 Å². The van der Waals surface area contributed by atoms with E-state index in [1.54, 1.807) is 31.1 Å². The van der Waals surface area contributed by atoms with Crippen LogP contribution in [0.1, 0.15) is 5.69 Å². The number of nitrogens with zero attached hydrogens (tertiary/aromatic N) is 3. The molecular weight excluding hydrogens is 389 g/mol. The van der Waals surface area contributed by atoms with Crippen LogP contribution in [0.25, 0.3) is 17.2 Å². The molecule has 2 fully saturated rings. The zero-order valence-electron chi connectivity index (χ0n) is 15.7. The molecule has 0 radical (unpaired) electrons. The zero-order valence-corrected chi connectivity index (χ0v) is 16.5. The van der Waals surface area contributed by atoms with Gasteiger partial charge in [-0.2, -0.15) is 0 Å². The van der Waals surface area contributed by atoms with Crippen molar-refractivity contribution < 1.29 is 14.0 Å². The number of thioether (sulfide) groups is 1. The Kier molecular flexibility index (Phi) is 4.28. The molecule has 0 aliphatic carbocycles. The number of carbonyl (C=O) groups is 2. The Balaban J connectivity index is 1.40. The first-order valence-electron chi connectivity index (χ1n) is 9.34. The molecule has 2 unspecified atom stereocenters. The number of imide groups is 1. The van der Waals surface area contributed by atoms with Gasteiger partial charge < -0.3 is 4.90 Å². The maximum absolute atomic E-state index is 13.4. The molecule has 2 saturated heterocycles. The summed E-state index contributed by atoms with van der Waals surface area (Å²) in [6.45, 7) is 0. The van der Waals surface area contributed by atoms with Crippen LogP contribution in [-0.2, 0) is 9.59 Å². The van der Waals surface area contributed by atoms with Gasteiger partial charge in [-0.1, -0.05) is 24.3 Å². The summed E-state index contributed by atoms with van der Waals surface area (Å²) in [5.41, 5.74) is 4.01. The normalized spacial score (nSPS) is 23.5. The SMILES string of the molecule is CN1C(=O)C2=C3CSCN3C(C=Cc3ccc(-c4cccc(F)c4)cn3)C2C1=O. The highest BCUT2D eigenvalue weighted by molar-refractivity contribution is 7.99. The predicted molar refractivity (Wildman–Crippen MR) is 110 cm³/mol. The molecule has 0 spiro atoms. The summed E-state index contributed by atoms with van der Waals surface area (Å²) in [6.07, 6.45) is 5.57. The van der Waals surface area contributed by atoms with Gasteiger partial charge in [0.15, 0.2) is 0 Å². The Hall–Kier alpha value is -2.93. The summed E-state index contributed by atoms with van der Waals surface area (Å²) in [6, 6.07) is 10.0. The summed E-state index contributed by atoms with van der Waals surface area (Å²) in [4.78, 5) is 33.0. The van der Waals surface area contributed by atoms with Gasteiger partial charge in [0.25, 0.3) is 5.91 Å². The number of rotatable bonds is 3. The number of fused-ring (bicyclic) bond motifs is 2. The summed E-state index contributed by atoms with van der Waals surface area (Å²) in [7, 11) is 1.55. The molecule has 5 rings (SSSR count). The van der Waals surface area contributed by atoms with Gasteiger partial charge in [-0.15, -0.1) is 11.8 Å². The Morgan fingerprint density at radius 1 is 1.21 bits per heavy atom. The lowest BCUT2D eigenvalue weighted by Crippen LogP contribution is -2.37. The monoisotopic (exact) mass is 407 g/mol. The number of carbonyl (C=O) groups excluding carboxylic acids is 2. The number of amides is 2. The van der Waals surface area contributed by atoms with Crippen molar-refractivity contribution in [2.24, 2.45) is 5.92 Å². The molecule has 0 bridgehead atoms. The van der Waals surface area contributed by atoms with E-state index in [9.17, 15) is 14.0 Å². The van der Waals surface area contributed by atoms with Crippen molar-refractivity contribution in [2.75, 3.05) is 18.7 Å². The lowest BCUT2D eigenvalue weighted by Gasteiger charge is -2.24. The van der Waals surface area contributed by atoms with Gasteiger partial charge in [-0.25, -0.2) is 4.39 Å². The standard InChI is InChI=1S/C22H18FN3O2S/c1-25-21(27)19-17(26-12-29-11-18(26)20(19)22(25)28)8-7-16-6-5-14(10-24-16)13-3-2-4-15(23)9-13/h2-10,17,19H,11-12H2,1H3. The molecule has 0 saturated carbocycles. The van der Waals surface area contributed by atoms with E-state index in [0.717, 1.165) is 34.1 Å². The largest absolute Gasteiger partial charge is 0.357 e. The van der Waals surface area contributed by atoms with Gasteiger partial charge >= 0.3 is 0 Å². The highest BCUT2D eigenvalue weighted by Crippen LogP contribution is 2.46. The molecule has 2 amide bonds. The molecule has 1 aromatic carbocycles. The fraction of sp³-hybridized carbons (Fsp3) is 0.227. The Labute approximate surface area is 171 Å². The van der Waals surface area contributed by atoms with E-state index in [1.165, 1.54) is 17.0 Å². The van der Waals surface area contributed by atoms with Gasteiger partial charge in [-0.3, -0.25) is 19.5 Å². The second-order valence-corrected chi connectivity index (χ2v) is 8.27. The molecule has 2 atom stereocenters. The number of likely N-dealkylation sites (tertiary alicyclic amines) is 1. The third-order valence-corrected chi connectivity index (χ3v) is 6.62. The van der Waals surface area contributed by atoms with Crippen LogP contribution < -0.4 is 0 Å². The van der Waals surface area contributed by atoms with E-state index in [4.69, 9.17) is 0 Å². The first kappa shape index (κ1) is 18.1. The van der Waals surface area contributed by atoms with Crippen molar-refractivity contribution in [3.63, 3.8) is 0 Å². The minimum Gasteiger partial charge on any atom is -0.357 e. The lowest BCUT2D eigenvalue weighted by atomic mass is 9.95. The smallest absolute Gasteiger partial charge is 0.258 e. The van der Waals surface area contributed by atoms with E-state index in [2.05, 4.69) is 9.88 Å². The summed E-state index contributed by atoms with van der Waals surface area (Å²) < 4.78 is 13.4. The van der Waals surface area contributed by atoms with Crippen molar-refractivity contribution in [1.82, 2.24) is 14.8 Å². The van der Waals surface area contributed by atoms with Gasteiger partial charge in [0.05, 0.1) is 29.1 Å². The molecular formula is C22H18FN3O2S. The topological polar surface area (TPSA) is 53.5 Å². The number of hydrogen-bond donors (Lipinski definition) is 0. The quantitative estimate of drug-likeness (QED) is 0.732. The number of benzene rings is 1. The summed E-state index contributed by atoms with van der Waals surface area (Å²) in [5.74, 6) is 0.531. The van der Waals surface area contributed by atoms with Gasteiger partial charge in [0, 0.05) is 30.3 Å². The number of halogens is 1. The Bertz CT molecular complexity index is 1080. The van der Waals surface area contributed by atoms with Crippen molar-refractivity contribution in [1.29, 1.82) is 0 Å². The molecule has 7 heteroatoms. The molecule has 2 aromatic rings. The van der Waals surface area contributed by atoms with Crippen molar-refractivity contribution in [2.45, 2.75) is 6.04 Å². The van der Waals surface area contributed by atoms with Crippen molar-refractivity contribution in [3.05, 3.63) is 71.5 Å². The first-order valence-corrected chi connectivity index (χ1v) is 10.5. The minimum absolute atomic E-state index is 0.138. The maximum atomic E-state index is 13.4. The van der Waals surface area contributed by atoms with E-state index in [1.807, 2.05) is 30.4 Å². The molecule has 4 heterocycles. The Morgan fingerprint density at radius 3 is 2.83 bits per heavy atom. The average molecular weight is 407 g/mol. The van der Waals surface area contributed by atoms with Crippen molar-refractivity contribution >= 4 is 29.7 Å². The molecule has 3 aliphatic rings. The highest BCUT2D eigenvalue weighted by atomic mass is 32.2. The fourth-order valence-electron chi connectivity index (χ4n) is 4.20. The second-order valence-electron chi connectivity index (χ2n) is 7.32. The fourth-order valence-corrected chi connectivity index (χ4v) is 5.33. The number of hydrogen-bond acceptors (Lipinski definition) is 5. The molecule has 3 aliphatic heterocycles. The van der Waals surface area contributed by atoms with Crippen LogP contribution in [0.5, 0.6) is 0 Å². The zero-order chi connectivity index (χ0) is 20.1. The van der Waals surface area contributed by atoms with E-state index in [-0.39, 0.29) is 23.7 Å². The summed E-state index contributed by atoms with van der Waals surface area (Å²) >= 11 is 1.75. The van der Waals surface area contributed by atoms with Crippen LogP contribution in [0, 0.1) is 11.7 Å². The lowest BCUT2D eigenvalue weighted by molar-refractivity contribution is -0.137. The van der Waals surface area contributed by atoms with Gasteiger partial charge in [-0.05, 0) is 29.8 Å². The van der Waals surface area contributed by atoms with E-state index < -0.39 is 5.92 Å². The Morgan fingerprint density at radius 2 is 2.07 bits per heavy atom. The maximum Gasteiger partial charge on any atom is 0.258 e. The third-order valence-electron chi connectivity index (χ3n) is 5.68. The van der Waals surface area contributed by atoms with E-state index in [0.29, 0.717) is 5.57 Å². The van der Waals surface area contributed by atoms with Crippen LogP contribution in [0.15, 0.2) is 59.9 Å². The molecule has 1 aromatic heterocycles. The van der Waals surface area contributed by atoms with Crippen LogP contribution in [0.2, 0.25) is 0 Å². The summed E-state index contributed by atoms with van der Waals surface area (Å²) in [5, 5.41) is 0. The van der Waals surface area contributed by atoms with Crippen LogP contribution in [0.4, 0.5) is 4.39 Å². The minimum atomic E-state index is -0.425. The second kappa shape index (κ2) is 6.84. The highest BCUT2D eigenvalue weighted by Gasteiger charge is 2.54. The van der Waals surface area contributed by atoms with Crippen LogP contribution >= 0.6 is 11.8 Å². The average Bonchev–Trinajstić information content (AvgIpc) is 3.37. The van der Waals surface area contributed by atoms with Crippen LogP contribution in [0.3, 0.4) is 0 Å². The molecule has 5 nitrogen and oxygen atoms in total. The predicted octanol–water partition coefficient (Wildman–Crippen LogP) is 3.16. The third kappa shape index (κ3) is 2.88. The molecule has 146 valence electrons. The molecule has 29 heavy (non-hydrogen) atoms. The molecule has 0 N–H and O–H groups in total. The van der Waals surface area contributed by atoms with Crippen LogP contribution in [-0.4, -0.2) is 51.3 Å². The van der Waals surface area contributed by atoms with E-state index >= 15 is 0 Å². The number of pyridine rings is 1. The van der Waals surface area contributed by atoms with Crippen molar-refractivity contribution in [3.8, 4) is 11.1 Å². The number of aromatic nitrogens is 1.